The van der Waals surface area contributed by atoms with Crippen molar-refractivity contribution in [2.45, 2.75) is 18.9 Å². The molecule has 2 aliphatic rings. The van der Waals surface area contributed by atoms with Gasteiger partial charge in [-0.2, -0.15) is 0 Å². The van der Waals surface area contributed by atoms with Gasteiger partial charge < -0.3 is 10.6 Å². The Morgan fingerprint density at radius 2 is 1.82 bits per heavy atom. The molecule has 0 spiro atoms. The molecule has 0 radical (unpaired) electrons. The molecule has 1 aliphatic heterocycles. The molecule has 17 heavy (non-hydrogen) atoms. The van der Waals surface area contributed by atoms with Gasteiger partial charge in [0.2, 0.25) is 0 Å². The standard InChI is InChI=1S/C13H18FN3/c14-11-2-1-3-12(15)13(11)17-8-6-16(7-9-17)10-4-5-10/h1-3,10H,4-9,15H2. The van der Waals surface area contributed by atoms with Crippen LogP contribution in [0.5, 0.6) is 0 Å². The van der Waals surface area contributed by atoms with E-state index in [9.17, 15) is 4.39 Å². The Morgan fingerprint density at radius 3 is 2.41 bits per heavy atom. The van der Waals surface area contributed by atoms with Crippen molar-refractivity contribution in [1.29, 1.82) is 0 Å². The van der Waals surface area contributed by atoms with Crippen LogP contribution < -0.4 is 10.6 Å². The molecule has 3 nitrogen and oxygen atoms in total. The maximum absolute atomic E-state index is 13.8. The Labute approximate surface area is 101 Å². The number of rotatable bonds is 2. The van der Waals surface area contributed by atoms with Crippen LogP contribution in [0.15, 0.2) is 18.2 Å². The molecule has 2 fully saturated rings. The topological polar surface area (TPSA) is 32.5 Å². The SMILES string of the molecule is Nc1cccc(F)c1N1CCN(C2CC2)CC1. The molecule has 0 aromatic heterocycles. The Kier molecular flexibility index (Phi) is 2.67. The van der Waals surface area contributed by atoms with Crippen LogP contribution in [0, 0.1) is 5.82 Å². The molecule has 0 amide bonds. The van der Waals surface area contributed by atoms with Gasteiger partial charge in [-0.3, -0.25) is 4.90 Å². The van der Waals surface area contributed by atoms with Crippen LogP contribution in [0.2, 0.25) is 0 Å². The Balaban J connectivity index is 1.73. The van der Waals surface area contributed by atoms with Crippen molar-refractivity contribution in [3.05, 3.63) is 24.0 Å². The van der Waals surface area contributed by atoms with Gasteiger partial charge in [0.05, 0.1) is 11.4 Å². The van der Waals surface area contributed by atoms with Crippen LogP contribution in [0.25, 0.3) is 0 Å². The second kappa shape index (κ2) is 4.18. The zero-order valence-corrected chi connectivity index (χ0v) is 9.90. The lowest BCUT2D eigenvalue weighted by molar-refractivity contribution is 0.247. The summed E-state index contributed by atoms with van der Waals surface area (Å²) in [5.74, 6) is -0.204. The normalized spacial score (nSPS) is 21.8. The van der Waals surface area contributed by atoms with Crippen LogP contribution in [-0.2, 0) is 0 Å². The third-order valence-electron chi connectivity index (χ3n) is 3.71. The predicted octanol–water partition coefficient (Wildman–Crippen LogP) is 1.69. The summed E-state index contributed by atoms with van der Waals surface area (Å²) in [4.78, 5) is 4.58. The highest BCUT2D eigenvalue weighted by Crippen LogP contribution is 2.31. The molecule has 0 atom stereocenters. The van der Waals surface area contributed by atoms with Crippen molar-refractivity contribution in [2.75, 3.05) is 36.8 Å². The third kappa shape index (κ3) is 2.09. The predicted molar refractivity (Wildman–Crippen MR) is 67.6 cm³/mol. The molecule has 3 rings (SSSR count). The quantitative estimate of drug-likeness (QED) is 0.792. The summed E-state index contributed by atoms with van der Waals surface area (Å²) >= 11 is 0. The second-order valence-electron chi connectivity index (χ2n) is 4.93. The average Bonchev–Trinajstić information content (AvgIpc) is 3.14. The van der Waals surface area contributed by atoms with Crippen LogP contribution in [0.1, 0.15) is 12.8 Å². The number of nitrogens with zero attached hydrogens (tertiary/aromatic N) is 2. The van der Waals surface area contributed by atoms with E-state index < -0.39 is 0 Å². The minimum atomic E-state index is -0.204. The van der Waals surface area contributed by atoms with Crippen molar-refractivity contribution < 1.29 is 4.39 Å². The number of benzene rings is 1. The van der Waals surface area contributed by atoms with E-state index in [0.717, 1.165) is 32.2 Å². The first-order chi connectivity index (χ1) is 8.25. The molecule has 1 saturated carbocycles. The van der Waals surface area contributed by atoms with Crippen LogP contribution in [-0.4, -0.2) is 37.1 Å². The van der Waals surface area contributed by atoms with Crippen LogP contribution >= 0.6 is 0 Å². The molecule has 1 aliphatic carbocycles. The van der Waals surface area contributed by atoms with Gasteiger partial charge in [0.25, 0.3) is 0 Å². The van der Waals surface area contributed by atoms with E-state index in [1.807, 2.05) is 0 Å². The van der Waals surface area contributed by atoms with Crippen molar-refractivity contribution in [3.8, 4) is 0 Å². The Morgan fingerprint density at radius 1 is 1.12 bits per heavy atom. The van der Waals surface area contributed by atoms with E-state index in [-0.39, 0.29) is 5.82 Å². The second-order valence-corrected chi connectivity index (χ2v) is 4.93. The number of piperazine rings is 1. The summed E-state index contributed by atoms with van der Waals surface area (Å²) in [6.45, 7) is 3.81. The van der Waals surface area contributed by atoms with Crippen LogP contribution in [0.3, 0.4) is 0 Å². The van der Waals surface area contributed by atoms with E-state index >= 15 is 0 Å². The minimum Gasteiger partial charge on any atom is -0.397 e. The Hall–Kier alpha value is -1.29. The molecule has 1 saturated heterocycles. The fraction of sp³-hybridized carbons (Fsp3) is 0.538. The average molecular weight is 235 g/mol. The first-order valence-corrected chi connectivity index (χ1v) is 6.28. The molecule has 1 aromatic rings. The molecular weight excluding hydrogens is 217 g/mol. The number of nitrogens with two attached hydrogens (primary N) is 1. The number of hydrogen-bond donors (Lipinski definition) is 1. The maximum atomic E-state index is 13.8. The molecule has 0 bridgehead atoms. The summed E-state index contributed by atoms with van der Waals surface area (Å²) < 4.78 is 13.8. The number of halogens is 1. The molecule has 0 unspecified atom stereocenters. The van der Waals surface area contributed by atoms with Gasteiger partial charge in [-0.25, -0.2) is 4.39 Å². The maximum Gasteiger partial charge on any atom is 0.148 e. The highest BCUT2D eigenvalue weighted by molar-refractivity contribution is 5.68. The van der Waals surface area contributed by atoms with E-state index in [1.165, 1.54) is 18.9 Å². The van der Waals surface area contributed by atoms with Crippen LogP contribution in [0.4, 0.5) is 15.8 Å². The summed E-state index contributed by atoms with van der Waals surface area (Å²) in [5.41, 5.74) is 7.00. The smallest absolute Gasteiger partial charge is 0.148 e. The number of nitrogen functional groups attached to an aromatic ring is 1. The molecule has 4 heteroatoms. The first kappa shape index (κ1) is 10.8. The molecule has 92 valence electrons. The van der Waals surface area contributed by atoms with E-state index in [2.05, 4.69) is 9.80 Å². The Bertz CT molecular complexity index is 389. The lowest BCUT2D eigenvalue weighted by Crippen LogP contribution is -2.47. The highest BCUT2D eigenvalue weighted by Gasteiger charge is 2.31. The van der Waals surface area contributed by atoms with Gasteiger partial charge in [0, 0.05) is 32.2 Å². The van der Waals surface area contributed by atoms with Crippen molar-refractivity contribution in [1.82, 2.24) is 4.90 Å². The largest absolute Gasteiger partial charge is 0.397 e. The van der Waals surface area contributed by atoms with Gasteiger partial charge in [-0.1, -0.05) is 6.07 Å². The first-order valence-electron chi connectivity index (χ1n) is 6.28. The van der Waals surface area contributed by atoms with Gasteiger partial charge in [-0.05, 0) is 25.0 Å². The molecule has 1 heterocycles. The lowest BCUT2D eigenvalue weighted by atomic mass is 10.2. The number of para-hydroxylation sites is 1. The highest BCUT2D eigenvalue weighted by atomic mass is 19.1. The molecular formula is C13H18FN3. The lowest BCUT2D eigenvalue weighted by Gasteiger charge is -2.36. The fourth-order valence-corrected chi connectivity index (χ4v) is 2.62. The van der Waals surface area contributed by atoms with Gasteiger partial charge >= 0.3 is 0 Å². The summed E-state index contributed by atoms with van der Waals surface area (Å²) in [7, 11) is 0. The number of hydrogen-bond acceptors (Lipinski definition) is 3. The molecule has 2 N–H and O–H groups in total. The van der Waals surface area contributed by atoms with Crippen molar-refractivity contribution >= 4 is 11.4 Å². The van der Waals surface area contributed by atoms with Gasteiger partial charge in [0.15, 0.2) is 0 Å². The zero-order chi connectivity index (χ0) is 11.8. The van der Waals surface area contributed by atoms with Gasteiger partial charge in [-0.15, -0.1) is 0 Å². The number of anilines is 2. The minimum absolute atomic E-state index is 0.204. The fourth-order valence-electron chi connectivity index (χ4n) is 2.62. The van der Waals surface area contributed by atoms with Crippen molar-refractivity contribution in [2.24, 2.45) is 0 Å². The van der Waals surface area contributed by atoms with E-state index in [4.69, 9.17) is 5.73 Å². The van der Waals surface area contributed by atoms with Gasteiger partial charge in [0.1, 0.15) is 5.82 Å². The summed E-state index contributed by atoms with van der Waals surface area (Å²) in [5, 5.41) is 0. The zero-order valence-electron chi connectivity index (χ0n) is 9.90. The summed E-state index contributed by atoms with van der Waals surface area (Å²) in [6, 6.07) is 5.72. The third-order valence-corrected chi connectivity index (χ3v) is 3.71. The summed E-state index contributed by atoms with van der Waals surface area (Å²) in [6.07, 6.45) is 2.67. The van der Waals surface area contributed by atoms with Crippen molar-refractivity contribution in [3.63, 3.8) is 0 Å². The van der Waals surface area contributed by atoms with E-state index in [1.54, 1.807) is 12.1 Å². The van der Waals surface area contributed by atoms with E-state index in [0.29, 0.717) is 11.4 Å². The monoisotopic (exact) mass is 235 g/mol. The molecule has 1 aromatic carbocycles.